The zero-order valence-electron chi connectivity index (χ0n) is 17.2. The Morgan fingerprint density at radius 1 is 1.13 bits per heavy atom. The number of hydrogen-bond acceptors (Lipinski definition) is 5. The number of piperidine rings is 1. The zero-order valence-corrected chi connectivity index (χ0v) is 17.2. The van der Waals surface area contributed by atoms with Crippen LogP contribution in [0.5, 0.6) is 0 Å². The monoisotopic (exact) mass is 411 g/mol. The first-order chi connectivity index (χ1) is 14.6. The number of rotatable bonds is 6. The summed E-state index contributed by atoms with van der Waals surface area (Å²) in [7, 11) is 0. The van der Waals surface area contributed by atoms with Crippen molar-refractivity contribution in [3.63, 3.8) is 0 Å². The molecule has 1 aliphatic carbocycles. The fraction of sp³-hybridized carbons (Fsp3) is 0.545. The molecule has 30 heavy (non-hydrogen) atoms. The Bertz CT molecular complexity index is 882. The SMILES string of the molecule is O=C(NC1CCN(CC2CCCCC2)CC1)c1ccn(-c2cccc([N+](=O)[O-])c2)n1. The molecule has 1 saturated carbocycles. The third kappa shape index (κ3) is 5.05. The molecule has 0 spiro atoms. The summed E-state index contributed by atoms with van der Waals surface area (Å²) in [5.74, 6) is 0.660. The highest BCUT2D eigenvalue weighted by molar-refractivity contribution is 5.92. The maximum absolute atomic E-state index is 12.6. The zero-order chi connectivity index (χ0) is 20.9. The molecule has 0 radical (unpaired) electrons. The Labute approximate surface area is 176 Å². The van der Waals surface area contributed by atoms with E-state index in [1.54, 1.807) is 24.4 Å². The second-order valence-corrected chi connectivity index (χ2v) is 8.47. The van der Waals surface area contributed by atoms with E-state index in [2.05, 4.69) is 15.3 Å². The highest BCUT2D eigenvalue weighted by Crippen LogP contribution is 2.25. The van der Waals surface area contributed by atoms with Crippen molar-refractivity contribution in [3.8, 4) is 5.69 Å². The number of nitrogens with one attached hydrogen (secondary N) is 1. The molecule has 1 amide bonds. The molecule has 1 aromatic carbocycles. The summed E-state index contributed by atoms with van der Waals surface area (Å²) in [5.41, 5.74) is 0.874. The Morgan fingerprint density at radius 3 is 2.63 bits per heavy atom. The Morgan fingerprint density at radius 2 is 1.90 bits per heavy atom. The van der Waals surface area contributed by atoms with Gasteiger partial charge in [-0.15, -0.1) is 0 Å². The van der Waals surface area contributed by atoms with Crippen LogP contribution in [0.25, 0.3) is 5.69 Å². The molecule has 2 aromatic rings. The first-order valence-corrected chi connectivity index (χ1v) is 10.9. The van der Waals surface area contributed by atoms with Gasteiger partial charge in [-0.05, 0) is 43.7 Å². The average molecular weight is 412 g/mol. The number of non-ortho nitro benzene ring substituents is 1. The van der Waals surface area contributed by atoms with E-state index >= 15 is 0 Å². The number of likely N-dealkylation sites (tertiary alicyclic amines) is 1. The van der Waals surface area contributed by atoms with Gasteiger partial charge in [0.05, 0.1) is 10.6 Å². The topological polar surface area (TPSA) is 93.3 Å². The van der Waals surface area contributed by atoms with Crippen molar-refractivity contribution in [2.24, 2.45) is 5.92 Å². The first kappa shape index (κ1) is 20.5. The Kier molecular flexibility index (Phi) is 6.42. The normalized spacial score (nSPS) is 18.9. The molecule has 8 heteroatoms. The number of carbonyl (C=O) groups is 1. The molecular formula is C22H29N5O3. The third-order valence-electron chi connectivity index (χ3n) is 6.29. The van der Waals surface area contributed by atoms with E-state index < -0.39 is 4.92 Å². The molecule has 2 fully saturated rings. The van der Waals surface area contributed by atoms with Gasteiger partial charge in [-0.2, -0.15) is 5.10 Å². The average Bonchev–Trinajstić information content (AvgIpc) is 3.26. The van der Waals surface area contributed by atoms with Crippen LogP contribution in [0.3, 0.4) is 0 Å². The van der Waals surface area contributed by atoms with Crippen LogP contribution in [0.1, 0.15) is 55.4 Å². The smallest absolute Gasteiger partial charge is 0.272 e. The number of nitrogens with zero attached hydrogens (tertiary/aromatic N) is 4. The molecule has 4 rings (SSSR count). The lowest BCUT2D eigenvalue weighted by molar-refractivity contribution is -0.384. The number of benzene rings is 1. The van der Waals surface area contributed by atoms with Crippen LogP contribution in [0.2, 0.25) is 0 Å². The van der Waals surface area contributed by atoms with Crippen molar-refractivity contribution in [2.75, 3.05) is 19.6 Å². The summed E-state index contributed by atoms with van der Waals surface area (Å²) in [5, 5.41) is 18.4. The fourth-order valence-electron chi connectivity index (χ4n) is 4.59. The maximum atomic E-state index is 12.6. The summed E-state index contributed by atoms with van der Waals surface area (Å²) in [4.78, 5) is 25.7. The van der Waals surface area contributed by atoms with Gasteiger partial charge in [-0.25, -0.2) is 4.68 Å². The molecule has 2 heterocycles. The molecular weight excluding hydrogens is 382 g/mol. The van der Waals surface area contributed by atoms with Crippen LogP contribution < -0.4 is 5.32 Å². The Hall–Kier alpha value is -2.74. The predicted molar refractivity (Wildman–Crippen MR) is 114 cm³/mol. The van der Waals surface area contributed by atoms with Gasteiger partial charge in [-0.1, -0.05) is 25.3 Å². The second kappa shape index (κ2) is 9.38. The van der Waals surface area contributed by atoms with Crippen molar-refractivity contribution in [3.05, 3.63) is 52.3 Å². The van der Waals surface area contributed by atoms with Gasteiger partial charge in [-0.3, -0.25) is 14.9 Å². The van der Waals surface area contributed by atoms with E-state index in [0.29, 0.717) is 11.4 Å². The van der Waals surface area contributed by atoms with Crippen molar-refractivity contribution in [2.45, 2.75) is 51.0 Å². The van der Waals surface area contributed by atoms with Crippen LogP contribution in [-0.2, 0) is 0 Å². The van der Waals surface area contributed by atoms with Gasteiger partial charge in [0.1, 0.15) is 0 Å². The van der Waals surface area contributed by atoms with E-state index in [-0.39, 0.29) is 17.6 Å². The summed E-state index contributed by atoms with van der Waals surface area (Å²) in [6, 6.07) is 8.02. The lowest BCUT2D eigenvalue weighted by Gasteiger charge is -2.35. The first-order valence-electron chi connectivity index (χ1n) is 10.9. The van der Waals surface area contributed by atoms with Crippen molar-refractivity contribution in [1.29, 1.82) is 0 Å². The van der Waals surface area contributed by atoms with Gasteiger partial charge in [0.15, 0.2) is 5.69 Å². The molecule has 1 N–H and O–H groups in total. The maximum Gasteiger partial charge on any atom is 0.272 e. The largest absolute Gasteiger partial charge is 0.348 e. The highest BCUT2D eigenvalue weighted by atomic mass is 16.6. The van der Waals surface area contributed by atoms with Crippen LogP contribution in [-0.4, -0.2) is 51.2 Å². The molecule has 0 bridgehead atoms. The van der Waals surface area contributed by atoms with Gasteiger partial charge in [0.25, 0.3) is 11.6 Å². The van der Waals surface area contributed by atoms with E-state index in [0.717, 1.165) is 31.8 Å². The Balaban J connectivity index is 1.29. The number of nitro benzene ring substituents is 1. The highest BCUT2D eigenvalue weighted by Gasteiger charge is 2.24. The molecule has 8 nitrogen and oxygen atoms in total. The molecule has 1 aliphatic heterocycles. The molecule has 1 aromatic heterocycles. The van der Waals surface area contributed by atoms with Gasteiger partial charge >= 0.3 is 0 Å². The second-order valence-electron chi connectivity index (χ2n) is 8.47. The summed E-state index contributed by atoms with van der Waals surface area (Å²) in [6.07, 6.45) is 10.4. The minimum absolute atomic E-state index is 0.00557. The van der Waals surface area contributed by atoms with Gasteiger partial charge in [0.2, 0.25) is 0 Å². The van der Waals surface area contributed by atoms with Crippen molar-refractivity contribution < 1.29 is 9.72 Å². The van der Waals surface area contributed by atoms with E-state index in [9.17, 15) is 14.9 Å². The summed E-state index contributed by atoms with van der Waals surface area (Å²) < 4.78 is 1.49. The number of amides is 1. The van der Waals surface area contributed by atoms with Gasteiger partial charge < -0.3 is 10.2 Å². The van der Waals surface area contributed by atoms with E-state index in [4.69, 9.17) is 0 Å². The standard InChI is InChI=1S/C22H29N5O3/c28-22(21-11-14-26(24-21)19-7-4-8-20(15-19)27(29)30)23-18-9-12-25(13-10-18)16-17-5-2-1-3-6-17/h4,7-8,11,14-15,17-18H,1-3,5-6,9-10,12-13,16H2,(H,23,28). The van der Waals surface area contributed by atoms with Crippen molar-refractivity contribution >= 4 is 11.6 Å². The fourth-order valence-corrected chi connectivity index (χ4v) is 4.59. The van der Waals surface area contributed by atoms with Crippen LogP contribution >= 0.6 is 0 Å². The minimum Gasteiger partial charge on any atom is -0.348 e. The van der Waals surface area contributed by atoms with Crippen molar-refractivity contribution in [1.82, 2.24) is 20.0 Å². The summed E-state index contributed by atoms with van der Waals surface area (Å²) in [6.45, 7) is 3.27. The molecule has 160 valence electrons. The number of nitro groups is 1. The lowest BCUT2D eigenvalue weighted by atomic mass is 9.88. The number of carbonyl (C=O) groups excluding carboxylic acids is 1. The molecule has 0 unspecified atom stereocenters. The molecule has 1 saturated heterocycles. The van der Waals surface area contributed by atoms with E-state index in [1.807, 2.05) is 0 Å². The quantitative estimate of drug-likeness (QED) is 0.579. The molecule has 2 aliphatic rings. The van der Waals surface area contributed by atoms with Crippen LogP contribution in [0.4, 0.5) is 5.69 Å². The van der Waals surface area contributed by atoms with Crippen LogP contribution in [0, 0.1) is 16.0 Å². The van der Waals surface area contributed by atoms with Gasteiger partial charge in [0, 0.05) is 44.0 Å². The number of aromatic nitrogens is 2. The minimum atomic E-state index is -0.443. The molecule has 0 atom stereocenters. The van der Waals surface area contributed by atoms with E-state index in [1.165, 1.54) is 55.5 Å². The predicted octanol–water partition coefficient (Wildman–Crippen LogP) is 3.56. The third-order valence-corrected chi connectivity index (χ3v) is 6.29. The van der Waals surface area contributed by atoms with Crippen LogP contribution in [0.15, 0.2) is 36.5 Å². The lowest BCUT2D eigenvalue weighted by Crippen LogP contribution is -2.46. The number of hydrogen-bond donors (Lipinski definition) is 1. The summed E-state index contributed by atoms with van der Waals surface area (Å²) >= 11 is 0.